The minimum Gasteiger partial charge on any atom is -0.304 e. The number of hydrogen-bond donors (Lipinski definition) is 0. The molecule has 2 aromatic heterocycles. The number of imidazole rings is 1. The summed E-state index contributed by atoms with van der Waals surface area (Å²) in [7, 11) is 0. The lowest BCUT2D eigenvalue weighted by molar-refractivity contribution is 0.809. The van der Waals surface area contributed by atoms with Gasteiger partial charge in [0.2, 0.25) is 0 Å². The largest absolute Gasteiger partial charge is 0.304 e. The molecule has 0 fully saturated rings. The van der Waals surface area contributed by atoms with Crippen LogP contribution >= 0.6 is 11.6 Å². The van der Waals surface area contributed by atoms with Crippen LogP contribution in [0.5, 0.6) is 0 Å². The lowest BCUT2D eigenvalue weighted by Crippen LogP contribution is -1.93. The zero-order valence-corrected chi connectivity index (χ0v) is 8.42. The van der Waals surface area contributed by atoms with Crippen LogP contribution in [0.1, 0.15) is 25.5 Å². The van der Waals surface area contributed by atoms with Crippen LogP contribution in [-0.2, 0) is 0 Å². The predicted molar refractivity (Wildman–Crippen MR) is 54.3 cm³/mol. The molecule has 0 aromatic carbocycles. The van der Waals surface area contributed by atoms with E-state index < -0.39 is 0 Å². The third kappa shape index (κ3) is 1.42. The summed E-state index contributed by atoms with van der Waals surface area (Å²) in [5.41, 5.74) is 2.13. The van der Waals surface area contributed by atoms with E-state index in [1.807, 2.05) is 24.5 Å². The first-order chi connectivity index (χ1) is 6.18. The SMILES string of the molecule is CC(C)c1cnc2cc(Cl)ccn12. The fraction of sp³-hybridized carbons (Fsp3) is 0.300. The van der Waals surface area contributed by atoms with Gasteiger partial charge in [0.25, 0.3) is 0 Å². The van der Waals surface area contributed by atoms with Crippen molar-refractivity contribution >= 4 is 17.2 Å². The highest BCUT2D eigenvalue weighted by atomic mass is 35.5. The fourth-order valence-corrected chi connectivity index (χ4v) is 1.56. The van der Waals surface area contributed by atoms with Crippen molar-refractivity contribution in [1.82, 2.24) is 9.38 Å². The minimum atomic E-state index is 0.483. The summed E-state index contributed by atoms with van der Waals surface area (Å²) in [6, 6.07) is 3.75. The van der Waals surface area contributed by atoms with Gasteiger partial charge in [-0.2, -0.15) is 0 Å². The molecule has 0 radical (unpaired) electrons. The number of pyridine rings is 1. The maximum atomic E-state index is 5.85. The number of hydrogen-bond acceptors (Lipinski definition) is 1. The Morgan fingerprint density at radius 1 is 1.46 bits per heavy atom. The second-order valence-electron chi connectivity index (χ2n) is 3.41. The summed E-state index contributed by atoms with van der Waals surface area (Å²) >= 11 is 5.85. The molecule has 0 bridgehead atoms. The number of halogens is 1. The van der Waals surface area contributed by atoms with E-state index in [0.717, 1.165) is 10.7 Å². The van der Waals surface area contributed by atoms with E-state index in [9.17, 15) is 0 Å². The molecule has 2 rings (SSSR count). The number of aromatic nitrogens is 2. The van der Waals surface area contributed by atoms with Gasteiger partial charge in [-0.15, -0.1) is 0 Å². The standard InChI is InChI=1S/C10H11ClN2/c1-7(2)9-6-12-10-5-8(11)3-4-13(9)10/h3-7H,1-2H3. The van der Waals surface area contributed by atoms with Gasteiger partial charge in [0, 0.05) is 23.1 Å². The summed E-state index contributed by atoms with van der Waals surface area (Å²) in [5, 5.41) is 0.730. The quantitative estimate of drug-likeness (QED) is 0.682. The van der Waals surface area contributed by atoms with Crippen LogP contribution in [0.15, 0.2) is 24.5 Å². The molecule has 68 valence electrons. The van der Waals surface area contributed by atoms with Crippen molar-refractivity contribution in [2.75, 3.05) is 0 Å². The Morgan fingerprint density at radius 3 is 2.92 bits per heavy atom. The highest BCUT2D eigenvalue weighted by molar-refractivity contribution is 6.30. The topological polar surface area (TPSA) is 17.3 Å². The smallest absolute Gasteiger partial charge is 0.138 e. The van der Waals surface area contributed by atoms with Crippen molar-refractivity contribution < 1.29 is 0 Å². The van der Waals surface area contributed by atoms with Gasteiger partial charge in [0.05, 0.1) is 0 Å². The normalized spacial score (nSPS) is 11.4. The van der Waals surface area contributed by atoms with Gasteiger partial charge >= 0.3 is 0 Å². The first-order valence-electron chi connectivity index (χ1n) is 4.31. The van der Waals surface area contributed by atoms with Crippen LogP contribution in [0.4, 0.5) is 0 Å². The molecule has 0 spiro atoms. The molecule has 0 aliphatic rings. The van der Waals surface area contributed by atoms with Crippen LogP contribution in [0.2, 0.25) is 5.02 Å². The first-order valence-corrected chi connectivity index (χ1v) is 4.69. The molecule has 2 nitrogen and oxygen atoms in total. The Kier molecular flexibility index (Phi) is 2.00. The lowest BCUT2D eigenvalue weighted by Gasteiger charge is -2.03. The highest BCUT2D eigenvalue weighted by Gasteiger charge is 2.06. The maximum absolute atomic E-state index is 5.85. The molecule has 0 amide bonds. The molecule has 0 atom stereocenters. The minimum absolute atomic E-state index is 0.483. The number of rotatable bonds is 1. The molecule has 0 N–H and O–H groups in total. The average molecular weight is 195 g/mol. The van der Waals surface area contributed by atoms with Gasteiger partial charge in [-0.25, -0.2) is 4.98 Å². The molecular formula is C10H11ClN2. The van der Waals surface area contributed by atoms with Crippen molar-refractivity contribution in [2.45, 2.75) is 19.8 Å². The molecule has 0 unspecified atom stereocenters. The molecule has 13 heavy (non-hydrogen) atoms. The van der Waals surface area contributed by atoms with Crippen LogP contribution in [-0.4, -0.2) is 9.38 Å². The Labute approximate surface area is 82.2 Å². The van der Waals surface area contributed by atoms with Crippen molar-refractivity contribution in [2.24, 2.45) is 0 Å². The number of nitrogens with zero attached hydrogens (tertiary/aromatic N) is 2. The molecule has 3 heteroatoms. The molecule has 0 aliphatic heterocycles. The predicted octanol–water partition coefficient (Wildman–Crippen LogP) is 3.11. The van der Waals surface area contributed by atoms with E-state index in [1.54, 1.807) is 0 Å². The van der Waals surface area contributed by atoms with E-state index in [2.05, 4.69) is 23.2 Å². The Balaban J connectivity index is 2.69. The molecular weight excluding hydrogens is 184 g/mol. The third-order valence-electron chi connectivity index (χ3n) is 2.10. The zero-order chi connectivity index (χ0) is 9.42. The Bertz CT molecular complexity index is 431. The van der Waals surface area contributed by atoms with E-state index in [4.69, 9.17) is 11.6 Å². The molecule has 0 saturated carbocycles. The number of fused-ring (bicyclic) bond motifs is 1. The highest BCUT2D eigenvalue weighted by Crippen LogP contribution is 2.18. The summed E-state index contributed by atoms with van der Waals surface area (Å²) < 4.78 is 2.07. The van der Waals surface area contributed by atoms with E-state index in [0.29, 0.717) is 5.92 Å². The van der Waals surface area contributed by atoms with Crippen LogP contribution < -0.4 is 0 Å². The van der Waals surface area contributed by atoms with Crippen molar-refractivity contribution in [3.63, 3.8) is 0 Å². The molecule has 2 heterocycles. The van der Waals surface area contributed by atoms with Gasteiger partial charge in [-0.3, -0.25) is 0 Å². The van der Waals surface area contributed by atoms with Crippen molar-refractivity contribution in [3.8, 4) is 0 Å². The van der Waals surface area contributed by atoms with Crippen LogP contribution in [0.3, 0.4) is 0 Å². The molecule has 0 saturated heterocycles. The zero-order valence-electron chi connectivity index (χ0n) is 7.66. The van der Waals surface area contributed by atoms with E-state index in [1.165, 1.54) is 5.69 Å². The van der Waals surface area contributed by atoms with Crippen molar-refractivity contribution in [3.05, 3.63) is 35.2 Å². The van der Waals surface area contributed by atoms with Crippen molar-refractivity contribution in [1.29, 1.82) is 0 Å². The summed E-state index contributed by atoms with van der Waals surface area (Å²) in [6.07, 6.45) is 3.86. The summed E-state index contributed by atoms with van der Waals surface area (Å²) in [4.78, 5) is 4.28. The maximum Gasteiger partial charge on any atom is 0.138 e. The second kappa shape index (κ2) is 3.04. The second-order valence-corrected chi connectivity index (χ2v) is 3.85. The van der Waals surface area contributed by atoms with Gasteiger partial charge in [0.15, 0.2) is 0 Å². The average Bonchev–Trinajstić information content (AvgIpc) is 2.46. The lowest BCUT2D eigenvalue weighted by atomic mass is 10.1. The first kappa shape index (κ1) is 8.57. The molecule has 0 aliphatic carbocycles. The monoisotopic (exact) mass is 194 g/mol. The van der Waals surface area contributed by atoms with E-state index >= 15 is 0 Å². The summed E-state index contributed by atoms with van der Waals surface area (Å²) in [6.45, 7) is 4.30. The summed E-state index contributed by atoms with van der Waals surface area (Å²) in [5.74, 6) is 0.483. The fourth-order valence-electron chi connectivity index (χ4n) is 1.40. The molecule has 2 aromatic rings. The Morgan fingerprint density at radius 2 is 2.23 bits per heavy atom. The van der Waals surface area contributed by atoms with Gasteiger partial charge < -0.3 is 4.40 Å². The third-order valence-corrected chi connectivity index (χ3v) is 2.33. The van der Waals surface area contributed by atoms with Crippen LogP contribution in [0, 0.1) is 0 Å². The van der Waals surface area contributed by atoms with Gasteiger partial charge in [-0.05, 0) is 18.1 Å². The van der Waals surface area contributed by atoms with Gasteiger partial charge in [0.1, 0.15) is 5.65 Å². The van der Waals surface area contributed by atoms with Crippen LogP contribution in [0.25, 0.3) is 5.65 Å². The van der Waals surface area contributed by atoms with Gasteiger partial charge in [-0.1, -0.05) is 25.4 Å². The van der Waals surface area contributed by atoms with E-state index in [-0.39, 0.29) is 0 Å². The Hall–Kier alpha value is -1.02.